The minimum Gasteiger partial charge on any atom is -0.467 e. The number of amides is 1. The van der Waals surface area contributed by atoms with Crippen LogP contribution in [0.3, 0.4) is 0 Å². The molecule has 1 heterocycles. The largest absolute Gasteiger partial charge is 0.467 e. The summed E-state index contributed by atoms with van der Waals surface area (Å²) in [5.74, 6) is 0.739. The number of hydrogen-bond acceptors (Lipinski definition) is 4. The number of alkyl carbamates (subject to hydrolysis) is 1. The van der Waals surface area contributed by atoms with E-state index in [1.54, 1.807) is 25.3 Å². The molecule has 5 nitrogen and oxygen atoms in total. The van der Waals surface area contributed by atoms with E-state index in [0.717, 1.165) is 5.76 Å². The topological polar surface area (TPSA) is 63.5 Å². The molecule has 0 fully saturated rings. The lowest BCUT2D eigenvalue weighted by Gasteiger charge is -2.07. The molecule has 1 aromatic heterocycles. The van der Waals surface area contributed by atoms with Gasteiger partial charge in [0.2, 0.25) is 0 Å². The van der Waals surface area contributed by atoms with Crippen molar-refractivity contribution in [3.05, 3.63) is 24.2 Å². The van der Waals surface area contributed by atoms with E-state index in [0.29, 0.717) is 13.2 Å². The number of carbonyl (C=O) groups is 1. The summed E-state index contributed by atoms with van der Waals surface area (Å²) >= 11 is 4.85. The van der Waals surface area contributed by atoms with Crippen LogP contribution in [0.2, 0.25) is 0 Å². The molecule has 0 aliphatic heterocycles. The van der Waals surface area contributed by atoms with E-state index in [-0.39, 0.29) is 5.11 Å². The van der Waals surface area contributed by atoms with Crippen molar-refractivity contribution >= 4 is 23.4 Å². The van der Waals surface area contributed by atoms with E-state index in [1.807, 2.05) is 0 Å². The number of rotatable bonds is 3. The maximum atomic E-state index is 10.9. The van der Waals surface area contributed by atoms with Gasteiger partial charge in [-0.2, -0.15) is 0 Å². The molecule has 15 heavy (non-hydrogen) atoms. The average molecular weight is 228 g/mol. The average Bonchev–Trinajstić information content (AvgIpc) is 2.67. The third kappa shape index (κ3) is 4.46. The summed E-state index contributed by atoms with van der Waals surface area (Å²) in [5, 5.41) is 5.37. The molecular weight excluding hydrogens is 216 g/mol. The Morgan fingerprint density at radius 1 is 1.67 bits per heavy atom. The standard InChI is InChI=1S/C9H12N2O3S/c1-2-13-9(12)11-8(15)10-6-7-4-3-5-14-7/h3-5H,2,6H2,1H3,(H2,10,11,12,15). The van der Waals surface area contributed by atoms with Crippen LogP contribution in [0, 0.1) is 0 Å². The lowest BCUT2D eigenvalue weighted by atomic mass is 10.4. The SMILES string of the molecule is CCOC(=O)NC(=S)NCc1ccco1. The van der Waals surface area contributed by atoms with Crippen LogP contribution >= 0.6 is 12.2 Å². The first-order valence-corrected chi connectivity index (χ1v) is 4.87. The molecule has 1 rings (SSSR count). The van der Waals surface area contributed by atoms with E-state index in [4.69, 9.17) is 16.6 Å². The van der Waals surface area contributed by atoms with Gasteiger partial charge in [-0.05, 0) is 31.3 Å². The first-order valence-electron chi connectivity index (χ1n) is 4.46. The van der Waals surface area contributed by atoms with Crippen LogP contribution in [0.1, 0.15) is 12.7 Å². The van der Waals surface area contributed by atoms with E-state index in [1.165, 1.54) is 0 Å². The van der Waals surface area contributed by atoms with Crippen LogP contribution in [-0.4, -0.2) is 17.8 Å². The van der Waals surface area contributed by atoms with Crippen molar-refractivity contribution in [2.24, 2.45) is 0 Å². The quantitative estimate of drug-likeness (QED) is 0.766. The molecule has 0 radical (unpaired) electrons. The summed E-state index contributed by atoms with van der Waals surface area (Å²) < 4.78 is 9.72. The van der Waals surface area contributed by atoms with Gasteiger partial charge in [-0.3, -0.25) is 5.32 Å². The molecule has 0 atom stereocenters. The van der Waals surface area contributed by atoms with Crippen LogP contribution in [-0.2, 0) is 11.3 Å². The predicted molar refractivity (Wildman–Crippen MR) is 58.3 cm³/mol. The number of thiocarbonyl (C=S) groups is 1. The maximum absolute atomic E-state index is 10.9. The maximum Gasteiger partial charge on any atom is 0.413 e. The molecule has 1 amide bonds. The zero-order chi connectivity index (χ0) is 11.1. The molecule has 82 valence electrons. The third-order valence-electron chi connectivity index (χ3n) is 1.49. The molecule has 1 aromatic rings. The summed E-state index contributed by atoms with van der Waals surface area (Å²) in [6, 6.07) is 3.58. The van der Waals surface area contributed by atoms with Crippen LogP contribution in [0.15, 0.2) is 22.8 Å². The zero-order valence-corrected chi connectivity index (χ0v) is 9.10. The molecule has 0 unspecified atom stereocenters. The van der Waals surface area contributed by atoms with Crippen molar-refractivity contribution in [1.29, 1.82) is 0 Å². The van der Waals surface area contributed by atoms with Crippen LogP contribution in [0.5, 0.6) is 0 Å². The van der Waals surface area contributed by atoms with Crippen molar-refractivity contribution in [2.75, 3.05) is 6.61 Å². The normalized spacial score (nSPS) is 9.40. The number of carbonyl (C=O) groups excluding carboxylic acids is 1. The minimum absolute atomic E-state index is 0.213. The molecule has 0 spiro atoms. The molecule has 2 N–H and O–H groups in total. The molecule has 0 saturated heterocycles. The van der Waals surface area contributed by atoms with E-state index >= 15 is 0 Å². The highest BCUT2D eigenvalue weighted by molar-refractivity contribution is 7.80. The third-order valence-corrected chi connectivity index (χ3v) is 1.74. The van der Waals surface area contributed by atoms with Crippen LogP contribution in [0.4, 0.5) is 4.79 Å². The monoisotopic (exact) mass is 228 g/mol. The molecule has 0 aliphatic carbocycles. The number of hydrogen-bond donors (Lipinski definition) is 2. The fraction of sp³-hybridized carbons (Fsp3) is 0.333. The van der Waals surface area contributed by atoms with Gasteiger partial charge in [-0.15, -0.1) is 0 Å². The van der Waals surface area contributed by atoms with E-state index in [9.17, 15) is 4.79 Å². The van der Waals surface area contributed by atoms with Gasteiger partial charge in [0.1, 0.15) is 5.76 Å². The number of nitrogens with one attached hydrogen (secondary N) is 2. The van der Waals surface area contributed by atoms with Gasteiger partial charge in [0, 0.05) is 0 Å². The van der Waals surface area contributed by atoms with Gasteiger partial charge >= 0.3 is 6.09 Å². The number of furan rings is 1. The second-order valence-corrected chi connectivity index (χ2v) is 3.02. The highest BCUT2D eigenvalue weighted by Crippen LogP contribution is 1.98. The Morgan fingerprint density at radius 2 is 2.47 bits per heavy atom. The lowest BCUT2D eigenvalue weighted by Crippen LogP contribution is -2.39. The Balaban J connectivity index is 2.22. The second kappa shape index (κ2) is 6.02. The Hall–Kier alpha value is -1.56. The Morgan fingerprint density at radius 3 is 3.07 bits per heavy atom. The number of ether oxygens (including phenoxy) is 1. The van der Waals surface area contributed by atoms with Gasteiger partial charge in [0.05, 0.1) is 19.4 Å². The summed E-state index contributed by atoms with van der Waals surface area (Å²) in [4.78, 5) is 10.9. The van der Waals surface area contributed by atoms with Crippen molar-refractivity contribution in [2.45, 2.75) is 13.5 Å². The van der Waals surface area contributed by atoms with Crippen LogP contribution in [0.25, 0.3) is 0 Å². The molecule has 0 saturated carbocycles. The highest BCUT2D eigenvalue weighted by atomic mass is 32.1. The molecule has 0 aliphatic rings. The highest BCUT2D eigenvalue weighted by Gasteiger charge is 2.04. The summed E-state index contributed by atoms with van der Waals surface area (Å²) in [6.45, 7) is 2.46. The van der Waals surface area contributed by atoms with Gasteiger partial charge in [-0.25, -0.2) is 4.79 Å². The Bertz CT molecular complexity index is 324. The Kier molecular flexibility index (Phi) is 4.62. The first kappa shape index (κ1) is 11.5. The van der Waals surface area contributed by atoms with Gasteiger partial charge < -0.3 is 14.5 Å². The predicted octanol–water partition coefficient (Wildman–Crippen LogP) is 1.40. The van der Waals surface area contributed by atoms with Gasteiger partial charge in [0.25, 0.3) is 0 Å². The van der Waals surface area contributed by atoms with E-state index < -0.39 is 6.09 Å². The van der Waals surface area contributed by atoms with Crippen molar-refractivity contribution < 1.29 is 13.9 Å². The fourth-order valence-corrected chi connectivity index (χ4v) is 1.04. The van der Waals surface area contributed by atoms with Gasteiger partial charge in [-0.1, -0.05) is 0 Å². The molecule has 0 bridgehead atoms. The fourth-order valence-electron chi connectivity index (χ4n) is 0.885. The molecule has 0 aromatic carbocycles. The van der Waals surface area contributed by atoms with Crippen molar-refractivity contribution in [3.63, 3.8) is 0 Å². The van der Waals surface area contributed by atoms with Crippen LogP contribution < -0.4 is 10.6 Å². The lowest BCUT2D eigenvalue weighted by molar-refractivity contribution is 0.157. The summed E-state index contributed by atoms with van der Waals surface area (Å²) in [7, 11) is 0. The van der Waals surface area contributed by atoms with Gasteiger partial charge in [0.15, 0.2) is 5.11 Å². The Labute approximate surface area is 92.8 Å². The summed E-state index contributed by atoms with van der Waals surface area (Å²) in [5.41, 5.74) is 0. The minimum atomic E-state index is -0.561. The second-order valence-electron chi connectivity index (χ2n) is 2.61. The molecular formula is C9H12N2O3S. The first-order chi connectivity index (χ1) is 7.22. The smallest absolute Gasteiger partial charge is 0.413 e. The molecule has 6 heteroatoms. The van der Waals surface area contributed by atoms with E-state index in [2.05, 4.69) is 15.4 Å². The zero-order valence-electron chi connectivity index (χ0n) is 8.28. The van der Waals surface area contributed by atoms with Crippen molar-refractivity contribution in [1.82, 2.24) is 10.6 Å². The van der Waals surface area contributed by atoms with Crippen molar-refractivity contribution in [3.8, 4) is 0 Å². The summed E-state index contributed by atoms with van der Waals surface area (Å²) in [6.07, 6.45) is 1.01.